The van der Waals surface area contributed by atoms with E-state index in [0.717, 1.165) is 31.6 Å². The van der Waals surface area contributed by atoms with Gasteiger partial charge in [-0.15, -0.1) is 0 Å². The third-order valence-electron chi connectivity index (χ3n) is 5.86. The van der Waals surface area contributed by atoms with Crippen molar-refractivity contribution in [1.82, 2.24) is 10.2 Å². The minimum absolute atomic E-state index is 0.212. The smallest absolute Gasteiger partial charge is 0.233 e. The molecule has 3 aliphatic heterocycles. The van der Waals surface area contributed by atoms with Crippen LogP contribution in [0.1, 0.15) is 24.8 Å². The van der Waals surface area contributed by atoms with E-state index in [9.17, 15) is 9.18 Å². The highest BCUT2D eigenvalue weighted by atomic mass is 19.1. The molecule has 4 rings (SSSR count). The van der Waals surface area contributed by atoms with E-state index in [1.165, 1.54) is 12.1 Å². The molecule has 23 heavy (non-hydrogen) atoms. The molecule has 3 saturated heterocycles. The fraction of sp³-hybridized carbons (Fsp3) is 0.611. The van der Waals surface area contributed by atoms with Gasteiger partial charge in [0.15, 0.2) is 0 Å². The molecule has 0 radical (unpaired) electrons. The fourth-order valence-corrected chi connectivity index (χ4v) is 4.49. The van der Waals surface area contributed by atoms with Crippen molar-refractivity contribution in [1.29, 1.82) is 0 Å². The molecule has 1 aromatic carbocycles. The number of hydrogen-bond acceptors (Lipinski definition) is 3. The van der Waals surface area contributed by atoms with Crippen LogP contribution in [0, 0.1) is 11.7 Å². The van der Waals surface area contributed by atoms with Gasteiger partial charge < -0.3 is 15.0 Å². The van der Waals surface area contributed by atoms with E-state index < -0.39 is 5.41 Å². The van der Waals surface area contributed by atoms with E-state index in [0.29, 0.717) is 38.0 Å². The summed E-state index contributed by atoms with van der Waals surface area (Å²) in [6, 6.07) is 6.80. The molecule has 3 aliphatic rings. The van der Waals surface area contributed by atoms with E-state index >= 15 is 0 Å². The Morgan fingerprint density at radius 1 is 1.22 bits per heavy atom. The summed E-state index contributed by atoms with van der Waals surface area (Å²) in [7, 11) is 0. The maximum atomic E-state index is 13.5. The molecule has 1 N–H and O–H groups in total. The van der Waals surface area contributed by atoms with Crippen LogP contribution in [0.2, 0.25) is 0 Å². The first kappa shape index (κ1) is 15.1. The summed E-state index contributed by atoms with van der Waals surface area (Å²) < 4.78 is 18.8. The van der Waals surface area contributed by atoms with Crippen molar-refractivity contribution in [2.45, 2.75) is 30.7 Å². The Morgan fingerprint density at radius 3 is 2.70 bits per heavy atom. The van der Waals surface area contributed by atoms with Crippen LogP contribution >= 0.6 is 0 Å². The van der Waals surface area contributed by atoms with Crippen LogP contribution in [0.4, 0.5) is 4.39 Å². The molecule has 0 unspecified atom stereocenters. The summed E-state index contributed by atoms with van der Waals surface area (Å²) in [5.74, 6) is 0.539. The summed E-state index contributed by atoms with van der Waals surface area (Å²) >= 11 is 0. The second kappa shape index (κ2) is 5.87. The average Bonchev–Trinajstić information content (AvgIpc) is 3.19. The molecule has 0 spiro atoms. The monoisotopic (exact) mass is 318 g/mol. The maximum Gasteiger partial charge on any atom is 0.233 e. The van der Waals surface area contributed by atoms with Crippen molar-refractivity contribution < 1.29 is 13.9 Å². The van der Waals surface area contributed by atoms with Crippen LogP contribution in [-0.4, -0.2) is 49.7 Å². The van der Waals surface area contributed by atoms with Crippen molar-refractivity contribution in [2.24, 2.45) is 5.92 Å². The number of hydrogen-bond donors (Lipinski definition) is 1. The zero-order valence-electron chi connectivity index (χ0n) is 13.3. The standard InChI is InChI=1S/C18H23FN2O2/c19-15-3-1-14(2-4-15)18(6-9-23-10-7-18)17(22)21-8-5-13-11-20-12-16(13)21/h1-4,13,16,20H,5-12H2/t13-,16+/m1/s1. The van der Waals surface area contributed by atoms with Gasteiger partial charge in [0.2, 0.25) is 5.91 Å². The highest BCUT2D eigenvalue weighted by molar-refractivity contribution is 5.89. The second-order valence-corrected chi connectivity index (χ2v) is 6.97. The number of nitrogens with zero attached hydrogens (tertiary/aromatic N) is 1. The van der Waals surface area contributed by atoms with E-state index in [1.54, 1.807) is 12.1 Å². The van der Waals surface area contributed by atoms with Gasteiger partial charge in [-0.3, -0.25) is 4.79 Å². The van der Waals surface area contributed by atoms with Crippen LogP contribution < -0.4 is 5.32 Å². The van der Waals surface area contributed by atoms with Crippen LogP contribution in [0.15, 0.2) is 24.3 Å². The lowest BCUT2D eigenvalue weighted by Crippen LogP contribution is -2.52. The van der Waals surface area contributed by atoms with Crippen LogP contribution in [-0.2, 0) is 14.9 Å². The first-order valence-corrected chi connectivity index (χ1v) is 8.56. The predicted octanol–water partition coefficient (Wildman–Crippen LogP) is 1.69. The van der Waals surface area contributed by atoms with E-state index in [2.05, 4.69) is 10.2 Å². The van der Waals surface area contributed by atoms with Gasteiger partial charge >= 0.3 is 0 Å². The Bertz CT molecular complexity index is 583. The summed E-state index contributed by atoms with van der Waals surface area (Å²) in [5.41, 5.74) is 0.380. The van der Waals surface area contributed by atoms with Crippen LogP contribution in [0.3, 0.4) is 0 Å². The van der Waals surface area contributed by atoms with Gasteiger partial charge in [0.05, 0.1) is 5.41 Å². The zero-order valence-corrected chi connectivity index (χ0v) is 13.3. The Kier molecular flexibility index (Phi) is 3.85. The molecule has 0 aromatic heterocycles. The number of halogens is 1. The summed E-state index contributed by atoms with van der Waals surface area (Å²) in [4.78, 5) is 15.6. The SMILES string of the molecule is O=C(N1CC[C@@H]2CNC[C@@H]21)C1(c2ccc(F)cc2)CCOCC1. The number of fused-ring (bicyclic) bond motifs is 1. The quantitative estimate of drug-likeness (QED) is 0.902. The first-order valence-electron chi connectivity index (χ1n) is 8.56. The number of nitrogens with one attached hydrogen (secondary N) is 1. The van der Waals surface area contributed by atoms with E-state index in [4.69, 9.17) is 4.74 Å². The molecule has 5 heteroatoms. The lowest BCUT2D eigenvalue weighted by Gasteiger charge is -2.40. The van der Waals surface area contributed by atoms with Crippen LogP contribution in [0.25, 0.3) is 0 Å². The molecule has 124 valence electrons. The topological polar surface area (TPSA) is 41.6 Å². The highest BCUT2D eigenvalue weighted by Gasteiger charge is 2.49. The summed E-state index contributed by atoms with van der Waals surface area (Å²) in [5, 5.41) is 3.40. The number of benzene rings is 1. The lowest BCUT2D eigenvalue weighted by molar-refractivity contribution is -0.142. The van der Waals surface area contributed by atoms with Gasteiger partial charge in [0.25, 0.3) is 0 Å². The number of amides is 1. The number of ether oxygens (including phenoxy) is 1. The fourth-order valence-electron chi connectivity index (χ4n) is 4.49. The minimum atomic E-state index is -0.552. The Labute approximate surface area is 136 Å². The Balaban J connectivity index is 1.67. The van der Waals surface area contributed by atoms with Crippen molar-refractivity contribution in [3.8, 4) is 0 Å². The molecular weight excluding hydrogens is 295 g/mol. The van der Waals surface area contributed by atoms with Crippen molar-refractivity contribution in [3.05, 3.63) is 35.6 Å². The molecule has 0 bridgehead atoms. The molecular formula is C18H23FN2O2. The third kappa shape index (κ3) is 2.46. The first-order chi connectivity index (χ1) is 11.2. The predicted molar refractivity (Wildman–Crippen MR) is 84.6 cm³/mol. The summed E-state index contributed by atoms with van der Waals surface area (Å²) in [6.07, 6.45) is 2.44. The normalized spacial score (nSPS) is 29.5. The van der Waals surface area contributed by atoms with Gasteiger partial charge in [-0.2, -0.15) is 0 Å². The van der Waals surface area contributed by atoms with Gasteiger partial charge in [-0.1, -0.05) is 12.1 Å². The molecule has 0 aliphatic carbocycles. The van der Waals surface area contributed by atoms with Crippen molar-refractivity contribution in [2.75, 3.05) is 32.8 Å². The van der Waals surface area contributed by atoms with Crippen molar-refractivity contribution in [3.63, 3.8) is 0 Å². The van der Waals surface area contributed by atoms with E-state index in [1.807, 2.05) is 0 Å². The van der Waals surface area contributed by atoms with Gasteiger partial charge in [-0.05, 0) is 42.9 Å². The number of rotatable bonds is 2. The maximum absolute atomic E-state index is 13.5. The molecule has 4 nitrogen and oxygen atoms in total. The summed E-state index contributed by atoms with van der Waals surface area (Å²) in [6.45, 7) is 3.93. The highest BCUT2D eigenvalue weighted by Crippen LogP contribution is 2.40. The van der Waals surface area contributed by atoms with Crippen molar-refractivity contribution >= 4 is 5.91 Å². The minimum Gasteiger partial charge on any atom is -0.381 e. The van der Waals surface area contributed by atoms with Crippen LogP contribution in [0.5, 0.6) is 0 Å². The molecule has 1 amide bonds. The third-order valence-corrected chi connectivity index (χ3v) is 5.86. The van der Waals surface area contributed by atoms with E-state index in [-0.39, 0.29) is 11.7 Å². The van der Waals surface area contributed by atoms with Gasteiger partial charge in [0, 0.05) is 38.9 Å². The average molecular weight is 318 g/mol. The molecule has 0 saturated carbocycles. The van der Waals surface area contributed by atoms with Gasteiger partial charge in [0.1, 0.15) is 5.82 Å². The number of carbonyl (C=O) groups excluding carboxylic acids is 1. The zero-order chi connectivity index (χ0) is 15.9. The molecule has 1 aromatic rings. The largest absolute Gasteiger partial charge is 0.381 e. The Morgan fingerprint density at radius 2 is 1.96 bits per heavy atom. The number of carbonyl (C=O) groups is 1. The lowest BCUT2D eigenvalue weighted by atomic mass is 9.73. The number of likely N-dealkylation sites (tertiary alicyclic amines) is 1. The molecule has 3 heterocycles. The van der Waals surface area contributed by atoms with Gasteiger partial charge in [-0.25, -0.2) is 4.39 Å². The molecule has 2 atom stereocenters. The Hall–Kier alpha value is -1.46. The second-order valence-electron chi connectivity index (χ2n) is 6.97. The molecule has 3 fully saturated rings.